The Morgan fingerprint density at radius 3 is 2.67 bits per heavy atom. The third-order valence-electron chi connectivity index (χ3n) is 5.20. The first kappa shape index (κ1) is 20.4. The van der Waals surface area contributed by atoms with Crippen molar-refractivity contribution in [3.8, 4) is 5.75 Å². The largest absolute Gasteiger partial charge is 0.484 e. The van der Waals surface area contributed by atoms with Crippen molar-refractivity contribution in [1.29, 1.82) is 0 Å². The van der Waals surface area contributed by atoms with Crippen LogP contribution in [0.1, 0.15) is 48.2 Å². The van der Waals surface area contributed by atoms with E-state index in [1.165, 1.54) is 5.56 Å². The standard InChI is InChI=1S/C21H23ClN4O4/c1-14-2-4-16(5-3-14)28-13-19-23-21(25-30-19)15-8-10-26(11-9-15)20(27)7-6-17-12-18(22)24-29-17/h2-5,12,15H,6-11,13H2,1H3. The van der Waals surface area contributed by atoms with Crippen LogP contribution in [0.15, 0.2) is 39.4 Å². The van der Waals surface area contributed by atoms with E-state index in [9.17, 15) is 4.79 Å². The summed E-state index contributed by atoms with van der Waals surface area (Å²) in [6.45, 7) is 3.60. The Labute approximate surface area is 179 Å². The van der Waals surface area contributed by atoms with E-state index in [1.54, 1.807) is 6.07 Å². The van der Waals surface area contributed by atoms with E-state index in [2.05, 4.69) is 15.3 Å². The molecule has 30 heavy (non-hydrogen) atoms. The molecule has 1 saturated heterocycles. The topological polar surface area (TPSA) is 94.5 Å². The third kappa shape index (κ3) is 5.18. The Kier molecular flexibility index (Phi) is 6.32. The Balaban J connectivity index is 1.23. The maximum absolute atomic E-state index is 12.4. The van der Waals surface area contributed by atoms with Crippen LogP contribution in [0.3, 0.4) is 0 Å². The summed E-state index contributed by atoms with van der Waals surface area (Å²) in [6, 6.07) is 9.44. The molecule has 0 spiro atoms. The summed E-state index contributed by atoms with van der Waals surface area (Å²) in [5.74, 6) is 2.80. The Morgan fingerprint density at radius 1 is 1.20 bits per heavy atom. The van der Waals surface area contributed by atoms with Crippen LogP contribution in [-0.4, -0.2) is 39.2 Å². The normalized spacial score (nSPS) is 14.8. The molecule has 3 heterocycles. The molecule has 1 fully saturated rings. The van der Waals surface area contributed by atoms with E-state index in [0.717, 1.165) is 18.6 Å². The van der Waals surface area contributed by atoms with Gasteiger partial charge in [-0.25, -0.2) is 0 Å². The number of piperidine rings is 1. The number of hydrogen-bond acceptors (Lipinski definition) is 7. The highest BCUT2D eigenvalue weighted by Crippen LogP contribution is 2.26. The molecule has 1 aromatic carbocycles. The van der Waals surface area contributed by atoms with Crippen molar-refractivity contribution in [2.45, 2.75) is 45.1 Å². The van der Waals surface area contributed by atoms with Crippen LogP contribution in [0.2, 0.25) is 5.15 Å². The van der Waals surface area contributed by atoms with Crippen molar-refractivity contribution in [1.82, 2.24) is 20.2 Å². The van der Waals surface area contributed by atoms with Crippen LogP contribution >= 0.6 is 11.6 Å². The van der Waals surface area contributed by atoms with Crippen LogP contribution in [0, 0.1) is 6.92 Å². The molecular weight excluding hydrogens is 408 g/mol. The average Bonchev–Trinajstić information content (AvgIpc) is 3.41. The van der Waals surface area contributed by atoms with E-state index >= 15 is 0 Å². The minimum absolute atomic E-state index is 0.0984. The lowest BCUT2D eigenvalue weighted by Crippen LogP contribution is -2.38. The third-order valence-corrected chi connectivity index (χ3v) is 5.37. The van der Waals surface area contributed by atoms with Gasteiger partial charge < -0.3 is 18.7 Å². The van der Waals surface area contributed by atoms with Gasteiger partial charge in [-0.05, 0) is 31.9 Å². The number of hydrogen-bond donors (Lipinski definition) is 0. The summed E-state index contributed by atoms with van der Waals surface area (Å²) in [5, 5.41) is 8.04. The van der Waals surface area contributed by atoms with Crippen LogP contribution in [-0.2, 0) is 17.8 Å². The smallest absolute Gasteiger partial charge is 0.264 e. The summed E-state index contributed by atoms with van der Waals surface area (Å²) in [7, 11) is 0. The maximum atomic E-state index is 12.4. The molecule has 8 nitrogen and oxygen atoms in total. The zero-order valence-electron chi connectivity index (χ0n) is 16.7. The molecule has 158 valence electrons. The van der Waals surface area contributed by atoms with E-state index in [1.807, 2.05) is 36.1 Å². The van der Waals surface area contributed by atoms with Crippen LogP contribution in [0.5, 0.6) is 5.75 Å². The number of benzene rings is 1. The monoisotopic (exact) mass is 430 g/mol. The molecule has 4 rings (SSSR count). The van der Waals surface area contributed by atoms with E-state index in [4.69, 9.17) is 25.4 Å². The summed E-state index contributed by atoms with van der Waals surface area (Å²) in [4.78, 5) is 18.8. The van der Waals surface area contributed by atoms with Gasteiger partial charge in [0.15, 0.2) is 17.6 Å². The Hall–Kier alpha value is -2.87. The molecule has 0 radical (unpaired) electrons. The van der Waals surface area contributed by atoms with Crippen molar-refractivity contribution >= 4 is 17.5 Å². The molecule has 0 saturated carbocycles. The maximum Gasteiger partial charge on any atom is 0.264 e. The van der Waals surface area contributed by atoms with Gasteiger partial charge in [0.1, 0.15) is 11.5 Å². The van der Waals surface area contributed by atoms with Gasteiger partial charge >= 0.3 is 0 Å². The summed E-state index contributed by atoms with van der Waals surface area (Å²) < 4.78 is 16.1. The molecule has 9 heteroatoms. The molecule has 0 unspecified atom stereocenters. The minimum Gasteiger partial charge on any atom is -0.484 e. The van der Waals surface area contributed by atoms with E-state index in [0.29, 0.717) is 48.6 Å². The van der Waals surface area contributed by atoms with Crippen LogP contribution < -0.4 is 4.74 Å². The number of ether oxygens (including phenoxy) is 1. The number of aromatic nitrogens is 3. The highest BCUT2D eigenvalue weighted by molar-refractivity contribution is 6.29. The molecule has 0 N–H and O–H groups in total. The highest BCUT2D eigenvalue weighted by Gasteiger charge is 2.27. The van der Waals surface area contributed by atoms with E-state index in [-0.39, 0.29) is 18.4 Å². The minimum atomic E-state index is 0.0984. The average molecular weight is 431 g/mol. The number of halogens is 1. The number of carbonyl (C=O) groups is 1. The quantitative estimate of drug-likeness (QED) is 0.560. The fourth-order valence-electron chi connectivity index (χ4n) is 3.45. The number of amides is 1. The predicted octanol–water partition coefficient (Wildman–Crippen LogP) is 3.94. The van der Waals surface area contributed by atoms with Crippen LogP contribution in [0.25, 0.3) is 0 Å². The molecular formula is C21H23ClN4O4. The second kappa shape index (κ2) is 9.30. The number of carbonyl (C=O) groups excluding carboxylic acids is 1. The lowest BCUT2D eigenvalue weighted by Gasteiger charge is -2.30. The molecule has 2 aromatic heterocycles. The van der Waals surface area contributed by atoms with Crippen molar-refractivity contribution in [2.24, 2.45) is 0 Å². The van der Waals surface area contributed by atoms with Gasteiger partial charge in [0.05, 0.1) is 0 Å². The lowest BCUT2D eigenvalue weighted by molar-refractivity contribution is -0.132. The van der Waals surface area contributed by atoms with Crippen molar-refractivity contribution < 1.29 is 18.6 Å². The zero-order valence-corrected chi connectivity index (χ0v) is 17.5. The molecule has 0 bridgehead atoms. The first-order chi connectivity index (χ1) is 14.6. The molecule has 1 amide bonds. The zero-order chi connectivity index (χ0) is 20.9. The number of nitrogens with zero attached hydrogens (tertiary/aromatic N) is 4. The molecule has 1 aliphatic heterocycles. The SMILES string of the molecule is Cc1ccc(OCc2nc(C3CCN(C(=O)CCc4cc(Cl)no4)CC3)no2)cc1. The molecule has 0 aliphatic carbocycles. The molecule has 1 aliphatic rings. The van der Waals surface area contributed by atoms with Gasteiger partial charge in [-0.2, -0.15) is 4.98 Å². The first-order valence-corrected chi connectivity index (χ1v) is 10.4. The van der Waals surface area contributed by atoms with Crippen molar-refractivity contribution in [3.05, 3.63) is 58.5 Å². The highest BCUT2D eigenvalue weighted by atomic mass is 35.5. The van der Waals surface area contributed by atoms with Crippen molar-refractivity contribution in [2.75, 3.05) is 13.1 Å². The summed E-state index contributed by atoms with van der Waals surface area (Å²) >= 11 is 5.73. The Bertz CT molecular complexity index is 977. The number of rotatable bonds is 7. The van der Waals surface area contributed by atoms with Gasteiger partial charge in [-0.1, -0.05) is 39.6 Å². The van der Waals surface area contributed by atoms with Crippen molar-refractivity contribution in [3.63, 3.8) is 0 Å². The second-order valence-corrected chi connectivity index (χ2v) is 7.81. The fourth-order valence-corrected chi connectivity index (χ4v) is 3.61. The predicted molar refractivity (Wildman–Crippen MR) is 108 cm³/mol. The van der Waals surface area contributed by atoms with Gasteiger partial charge in [0, 0.05) is 37.9 Å². The first-order valence-electron chi connectivity index (χ1n) is 9.97. The molecule has 3 aromatic rings. The van der Waals surface area contributed by atoms with Gasteiger partial charge in [-0.15, -0.1) is 0 Å². The van der Waals surface area contributed by atoms with Gasteiger partial charge in [0.2, 0.25) is 5.91 Å². The number of likely N-dealkylation sites (tertiary alicyclic amines) is 1. The van der Waals surface area contributed by atoms with Crippen LogP contribution in [0.4, 0.5) is 0 Å². The Morgan fingerprint density at radius 2 is 1.97 bits per heavy atom. The lowest BCUT2D eigenvalue weighted by atomic mass is 9.96. The number of aryl methyl sites for hydroxylation is 2. The molecule has 0 atom stereocenters. The summed E-state index contributed by atoms with van der Waals surface area (Å²) in [5.41, 5.74) is 1.18. The van der Waals surface area contributed by atoms with E-state index < -0.39 is 0 Å². The van der Waals surface area contributed by atoms with Gasteiger partial charge in [-0.3, -0.25) is 4.79 Å². The second-order valence-electron chi connectivity index (χ2n) is 7.42. The summed E-state index contributed by atoms with van der Waals surface area (Å²) in [6.07, 6.45) is 2.47. The van der Waals surface area contributed by atoms with Gasteiger partial charge in [0.25, 0.3) is 5.89 Å². The fraction of sp³-hybridized carbons (Fsp3) is 0.429.